The lowest BCUT2D eigenvalue weighted by atomic mass is 10.2. The number of allylic oxidation sites excluding steroid dienone is 1. The molecule has 0 atom stereocenters. The van der Waals surface area contributed by atoms with E-state index < -0.39 is 0 Å². The van der Waals surface area contributed by atoms with Gasteiger partial charge in [0, 0.05) is 12.3 Å². The molecule has 0 saturated heterocycles. The molecule has 0 fully saturated rings. The number of rotatable bonds is 7. The van der Waals surface area contributed by atoms with E-state index in [4.69, 9.17) is 0 Å². The molecule has 1 amide bonds. The van der Waals surface area contributed by atoms with Gasteiger partial charge in [0.2, 0.25) is 5.91 Å². The third-order valence-corrected chi connectivity index (χ3v) is 3.50. The van der Waals surface area contributed by atoms with Gasteiger partial charge in [-0.15, -0.1) is 11.8 Å². The van der Waals surface area contributed by atoms with Crippen molar-refractivity contribution in [1.29, 1.82) is 0 Å². The Bertz CT molecular complexity index is 384. The summed E-state index contributed by atoms with van der Waals surface area (Å²) >= 11 is 1.65. The first-order valence-electron chi connectivity index (χ1n) is 6.23. The zero-order valence-electron chi connectivity index (χ0n) is 11.1. The highest BCUT2D eigenvalue weighted by Crippen LogP contribution is 2.12. The second-order valence-electron chi connectivity index (χ2n) is 4.19. The minimum Gasteiger partial charge on any atom is -0.355 e. The minimum atomic E-state index is 0.122. The molecule has 3 heteroatoms. The van der Waals surface area contributed by atoms with Gasteiger partial charge in [0.05, 0.1) is 5.75 Å². The lowest BCUT2D eigenvalue weighted by molar-refractivity contribution is -0.118. The van der Waals surface area contributed by atoms with Crippen LogP contribution in [0.3, 0.4) is 0 Å². The average Bonchev–Trinajstić information content (AvgIpc) is 2.37. The standard InChI is InChI=1S/C15H21NOS/c1-3-4-5-10-16-15(17)12-18-11-14-8-6-13(2)7-9-14/h3-4,6-9H,5,10-12H2,1-2H3,(H,16,17)/b4-3+. The Balaban J connectivity index is 2.13. The van der Waals surface area contributed by atoms with Crippen molar-refractivity contribution < 1.29 is 4.79 Å². The Morgan fingerprint density at radius 1 is 1.33 bits per heavy atom. The highest BCUT2D eigenvalue weighted by atomic mass is 32.2. The first-order chi connectivity index (χ1) is 8.72. The van der Waals surface area contributed by atoms with Gasteiger partial charge in [-0.2, -0.15) is 0 Å². The van der Waals surface area contributed by atoms with E-state index in [1.807, 2.05) is 13.0 Å². The van der Waals surface area contributed by atoms with Gasteiger partial charge in [0.1, 0.15) is 0 Å². The fourth-order valence-corrected chi connectivity index (χ4v) is 2.28. The lowest BCUT2D eigenvalue weighted by Gasteiger charge is -2.04. The van der Waals surface area contributed by atoms with E-state index in [9.17, 15) is 4.79 Å². The Hall–Kier alpha value is -1.22. The molecule has 1 N–H and O–H groups in total. The molecule has 0 saturated carbocycles. The fraction of sp³-hybridized carbons (Fsp3) is 0.400. The van der Waals surface area contributed by atoms with Crippen molar-refractivity contribution in [1.82, 2.24) is 5.32 Å². The summed E-state index contributed by atoms with van der Waals surface area (Å²) in [6, 6.07) is 8.44. The van der Waals surface area contributed by atoms with Crippen molar-refractivity contribution in [2.24, 2.45) is 0 Å². The highest BCUT2D eigenvalue weighted by Gasteiger charge is 2.00. The molecule has 0 radical (unpaired) electrons. The van der Waals surface area contributed by atoms with E-state index >= 15 is 0 Å². The summed E-state index contributed by atoms with van der Waals surface area (Å²) in [5, 5.41) is 2.90. The lowest BCUT2D eigenvalue weighted by Crippen LogP contribution is -2.25. The van der Waals surface area contributed by atoms with Crippen molar-refractivity contribution in [2.45, 2.75) is 26.0 Å². The summed E-state index contributed by atoms with van der Waals surface area (Å²) < 4.78 is 0. The maximum absolute atomic E-state index is 11.5. The molecule has 0 aliphatic rings. The number of hydrogen-bond donors (Lipinski definition) is 1. The number of hydrogen-bond acceptors (Lipinski definition) is 2. The number of amides is 1. The zero-order valence-corrected chi connectivity index (χ0v) is 11.9. The summed E-state index contributed by atoms with van der Waals surface area (Å²) in [4.78, 5) is 11.5. The quantitative estimate of drug-likeness (QED) is 0.604. The predicted molar refractivity (Wildman–Crippen MR) is 79.8 cm³/mol. The number of aryl methyl sites for hydroxylation is 1. The van der Waals surface area contributed by atoms with Crippen LogP contribution in [0.5, 0.6) is 0 Å². The third-order valence-electron chi connectivity index (χ3n) is 2.49. The van der Waals surface area contributed by atoms with Crippen LogP contribution in [0.1, 0.15) is 24.5 Å². The Labute approximate surface area is 114 Å². The van der Waals surface area contributed by atoms with E-state index in [1.54, 1.807) is 11.8 Å². The second kappa shape index (κ2) is 8.81. The summed E-state index contributed by atoms with van der Waals surface area (Å²) in [6.07, 6.45) is 4.96. The SMILES string of the molecule is C/C=C/CCNC(=O)CSCc1ccc(C)cc1. The smallest absolute Gasteiger partial charge is 0.230 e. The van der Waals surface area contributed by atoms with E-state index in [1.165, 1.54) is 11.1 Å². The van der Waals surface area contributed by atoms with Crippen LogP contribution in [-0.4, -0.2) is 18.2 Å². The molecular formula is C15H21NOS. The van der Waals surface area contributed by atoms with Crippen molar-refractivity contribution >= 4 is 17.7 Å². The Morgan fingerprint density at radius 3 is 2.72 bits per heavy atom. The molecule has 98 valence electrons. The van der Waals surface area contributed by atoms with Crippen LogP contribution in [0, 0.1) is 6.92 Å². The van der Waals surface area contributed by atoms with Gasteiger partial charge in [-0.05, 0) is 25.8 Å². The fourth-order valence-electron chi connectivity index (χ4n) is 1.46. The maximum atomic E-state index is 11.5. The number of benzene rings is 1. The van der Waals surface area contributed by atoms with Gasteiger partial charge in [-0.25, -0.2) is 0 Å². The van der Waals surface area contributed by atoms with Crippen LogP contribution in [0.15, 0.2) is 36.4 Å². The first kappa shape index (κ1) is 14.8. The molecule has 0 spiro atoms. The van der Waals surface area contributed by atoms with Gasteiger partial charge in [-0.1, -0.05) is 42.0 Å². The molecule has 0 unspecified atom stereocenters. The molecule has 0 aromatic heterocycles. The first-order valence-corrected chi connectivity index (χ1v) is 7.39. The largest absolute Gasteiger partial charge is 0.355 e. The monoisotopic (exact) mass is 263 g/mol. The summed E-state index contributed by atoms with van der Waals surface area (Å²) in [5.41, 5.74) is 2.54. The normalized spacial score (nSPS) is 10.8. The second-order valence-corrected chi connectivity index (χ2v) is 5.17. The van der Waals surface area contributed by atoms with Crippen LogP contribution in [-0.2, 0) is 10.5 Å². The molecule has 0 bridgehead atoms. The number of carbonyl (C=O) groups excluding carboxylic acids is 1. The predicted octanol–water partition coefficient (Wildman–Crippen LogP) is 3.31. The van der Waals surface area contributed by atoms with Crippen LogP contribution in [0.25, 0.3) is 0 Å². The molecule has 1 rings (SSSR count). The van der Waals surface area contributed by atoms with Crippen LogP contribution >= 0.6 is 11.8 Å². The third kappa shape index (κ3) is 6.50. The zero-order chi connectivity index (χ0) is 13.2. The van der Waals surface area contributed by atoms with Gasteiger partial charge >= 0.3 is 0 Å². The molecule has 1 aromatic carbocycles. The van der Waals surface area contributed by atoms with Gasteiger partial charge in [0.15, 0.2) is 0 Å². The molecule has 18 heavy (non-hydrogen) atoms. The van der Waals surface area contributed by atoms with Crippen molar-refractivity contribution in [3.05, 3.63) is 47.5 Å². The average molecular weight is 263 g/mol. The van der Waals surface area contributed by atoms with Crippen molar-refractivity contribution in [3.63, 3.8) is 0 Å². The van der Waals surface area contributed by atoms with Gasteiger partial charge in [-0.3, -0.25) is 4.79 Å². The molecule has 0 heterocycles. The molecule has 0 aliphatic heterocycles. The van der Waals surface area contributed by atoms with Crippen LogP contribution in [0.2, 0.25) is 0 Å². The summed E-state index contributed by atoms with van der Waals surface area (Å²) in [5.74, 6) is 1.54. The van der Waals surface area contributed by atoms with Gasteiger partial charge in [0.25, 0.3) is 0 Å². The van der Waals surface area contributed by atoms with E-state index in [2.05, 4.69) is 42.6 Å². The topological polar surface area (TPSA) is 29.1 Å². The maximum Gasteiger partial charge on any atom is 0.230 e. The summed E-state index contributed by atoms with van der Waals surface area (Å²) in [7, 11) is 0. The number of thioether (sulfide) groups is 1. The summed E-state index contributed by atoms with van der Waals surface area (Å²) in [6.45, 7) is 4.79. The molecule has 2 nitrogen and oxygen atoms in total. The Kier molecular flexibility index (Phi) is 7.26. The molecule has 0 aliphatic carbocycles. The number of carbonyl (C=O) groups is 1. The van der Waals surface area contributed by atoms with E-state index in [0.29, 0.717) is 5.75 Å². The molecular weight excluding hydrogens is 242 g/mol. The van der Waals surface area contributed by atoms with Crippen molar-refractivity contribution in [2.75, 3.05) is 12.3 Å². The number of nitrogens with one attached hydrogen (secondary N) is 1. The van der Waals surface area contributed by atoms with Crippen molar-refractivity contribution in [3.8, 4) is 0 Å². The highest BCUT2D eigenvalue weighted by molar-refractivity contribution is 7.99. The minimum absolute atomic E-state index is 0.122. The van der Waals surface area contributed by atoms with Crippen LogP contribution < -0.4 is 5.32 Å². The van der Waals surface area contributed by atoms with E-state index in [-0.39, 0.29) is 5.91 Å². The molecule has 1 aromatic rings. The van der Waals surface area contributed by atoms with Crippen LogP contribution in [0.4, 0.5) is 0 Å². The van der Waals surface area contributed by atoms with E-state index in [0.717, 1.165) is 18.7 Å². The van der Waals surface area contributed by atoms with Gasteiger partial charge < -0.3 is 5.32 Å². The Morgan fingerprint density at radius 2 is 2.06 bits per heavy atom.